The summed E-state index contributed by atoms with van der Waals surface area (Å²) >= 11 is 6.05. The van der Waals surface area contributed by atoms with Gasteiger partial charge in [-0.3, -0.25) is 0 Å². The Morgan fingerprint density at radius 2 is 2.41 bits per heavy atom. The molecule has 1 fully saturated rings. The number of nitrogens with zero attached hydrogens (tertiary/aromatic N) is 1. The van der Waals surface area contributed by atoms with Crippen LogP contribution in [0.2, 0.25) is 5.02 Å². The first kappa shape index (κ1) is 12.2. The van der Waals surface area contributed by atoms with E-state index < -0.39 is 0 Å². The van der Waals surface area contributed by atoms with Crippen LogP contribution in [0.25, 0.3) is 0 Å². The minimum absolute atomic E-state index is 0.149. The second-order valence-electron chi connectivity index (χ2n) is 3.79. The number of rotatable bonds is 3. The fourth-order valence-corrected chi connectivity index (χ4v) is 1.86. The van der Waals surface area contributed by atoms with Crippen molar-refractivity contribution in [3.63, 3.8) is 0 Å². The molecule has 1 N–H and O–H groups in total. The van der Waals surface area contributed by atoms with Gasteiger partial charge in [-0.05, 0) is 24.6 Å². The fourth-order valence-electron chi connectivity index (χ4n) is 1.61. The number of hydrogen-bond acceptors (Lipinski definition) is 4. The summed E-state index contributed by atoms with van der Waals surface area (Å²) in [7, 11) is 0. The summed E-state index contributed by atoms with van der Waals surface area (Å²) in [5.74, 6) is 0. The van der Waals surface area contributed by atoms with Crippen molar-refractivity contribution in [2.24, 2.45) is 0 Å². The summed E-state index contributed by atoms with van der Waals surface area (Å²) in [4.78, 5) is 0. The smallest absolute Gasteiger partial charge is 0.147 e. The van der Waals surface area contributed by atoms with E-state index in [0.717, 1.165) is 18.7 Å². The molecule has 0 aromatic heterocycles. The maximum atomic E-state index is 8.72. The van der Waals surface area contributed by atoms with E-state index in [0.29, 0.717) is 23.9 Å². The highest BCUT2D eigenvalue weighted by molar-refractivity contribution is 6.33. The molecule has 1 atom stereocenters. The maximum Gasteiger partial charge on any atom is 0.147 e. The lowest BCUT2D eigenvalue weighted by atomic mass is 10.2. The van der Waals surface area contributed by atoms with Crippen molar-refractivity contribution in [2.45, 2.75) is 12.5 Å². The second kappa shape index (κ2) is 5.87. The van der Waals surface area contributed by atoms with Gasteiger partial charge in [0.15, 0.2) is 0 Å². The van der Waals surface area contributed by atoms with Crippen molar-refractivity contribution in [3.05, 3.63) is 28.8 Å². The minimum atomic E-state index is 0.149. The third-order valence-corrected chi connectivity index (χ3v) is 2.90. The second-order valence-corrected chi connectivity index (χ2v) is 4.20. The van der Waals surface area contributed by atoms with E-state index in [1.165, 1.54) is 0 Å². The minimum Gasteiger partial charge on any atom is -0.381 e. The Labute approximate surface area is 105 Å². The highest BCUT2D eigenvalue weighted by Gasteiger charge is 2.14. The molecule has 4 nitrogen and oxygen atoms in total. The third-order valence-electron chi connectivity index (χ3n) is 2.59. The Balaban J connectivity index is 1.92. The Morgan fingerprint density at radius 3 is 3.06 bits per heavy atom. The van der Waals surface area contributed by atoms with Gasteiger partial charge < -0.3 is 14.8 Å². The van der Waals surface area contributed by atoms with E-state index in [2.05, 4.69) is 5.32 Å². The van der Waals surface area contributed by atoms with Gasteiger partial charge in [-0.1, -0.05) is 11.6 Å². The highest BCUT2D eigenvalue weighted by Crippen LogP contribution is 2.23. The van der Waals surface area contributed by atoms with E-state index >= 15 is 0 Å². The number of ether oxygens (including phenoxy) is 2. The molecule has 90 valence electrons. The van der Waals surface area contributed by atoms with Gasteiger partial charge in [0.05, 0.1) is 35.1 Å². The molecule has 1 aromatic rings. The lowest BCUT2D eigenvalue weighted by Gasteiger charge is -2.23. The van der Waals surface area contributed by atoms with Crippen LogP contribution in [0.4, 0.5) is 5.69 Å². The zero-order valence-electron chi connectivity index (χ0n) is 9.28. The van der Waals surface area contributed by atoms with Crippen LogP contribution in [0.5, 0.6) is 0 Å². The molecule has 5 heteroatoms. The van der Waals surface area contributed by atoms with Crippen molar-refractivity contribution < 1.29 is 9.47 Å². The van der Waals surface area contributed by atoms with Gasteiger partial charge in [0.1, 0.15) is 6.79 Å². The van der Waals surface area contributed by atoms with Gasteiger partial charge in [0, 0.05) is 6.54 Å². The summed E-state index contributed by atoms with van der Waals surface area (Å²) in [5, 5.41) is 12.5. The molecular weight excluding hydrogens is 240 g/mol. The molecule has 17 heavy (non-hydrogen) atoms. The van der Waals surface area contributed by atoms with Gasteiger partial charge in [-0.2, -0.15) is 5.26 Å². The van der Waals surface area contributed by atoms with Crippen molar-refractivity contribution in [1.29, 1.82) is 5.26 Å². The number of anilines is 1. The molecule has 0 radical (unpaired) electrons. The average Bonchev–Trinajstić information content (AvgIpc) is 2.38. The van der Waals surface area contributed by atoms with Crippen LogP contribution >= 0.6 is 11.6 Å². The van der Waals surface area contributed by atoms with Crippen LogP contribution in [0.1, 0.15) is 12.0 Å². The predicted molar refractivity (Wildman–Crippen MR) is 65.0 cm³/mol. The molecule has 0 bridgehead atoms. The van der Waals surface area contributed by atoms with Gasteiger partial charge >= 0.3 is 0 Å². The zero-order chi connectivity index (χ0) is 12.1. The fraction of sp³-hybridized carbons (Fsp3) is 0.417. The largest absolute Gasteiger partial charge is 0.381 e. The van der Waals surface area contributed by atoms with Crippen molar-refractivity contribution >= 4 is 17.3 Å². The zero-order valence-corrected chi connectivity index (χ0v) is 10.0. The normalized spacial score (nSPS) is 19.6. The van der Waals surface area contributed by atoms with Crippen LogP contribution in [0.3, 0.4) is 0 Å². The average molecular weight is 253 g/mol. The topological polar surface area (TPSA) is 54.3 Å². The van der Waals surface area contributed by atoms with E-state index in [1.807, 2.05) is 6.07 Å². The van der Waals surface area contributed by atoms with Crippen molar-refractivity contribution in [3.8, 4) is 6.07 Å². The number of hydrogen-bond donors (Lipinski definition) is 1. The molecule has 1 aromatic carbocycles. The summed E-state index contributed by atoms with van der Waals surface area (Å²) in [6.07, 6.45) is 1.02. The number of nitriles is 1. The molecule has 1 unspecified atom stereocenters. The van der Waals surface area contributed by atoms with Crippen molar-refractivity contribution in [1.82, 2.24) is 0 Å². The van der Waals surface area contributed by atoms with Gasteiger partial charge in [0.25, 0.3) is 0 Å². The summed E-state index contributed by atoms with van der Waals surface area (Å²) in [6, 6.07) is 7.24. The molecule has 1 aliphatic rings. The molecule has 1 heterocycles. The van der Waals surface area contributed by atoms with E-state index in [4.69, 9.17) is 26.3 Å². The standard InChI is InChI=1S/C12H13ClN2O2/c13-11-5-9(6-14)1-2-12(11)15-7-10-3-4-16-8-17-10/h1-2,5,10,15H,3-4,7-8H2. The first-order chi connectivity index (χ1) is 8.29. The molecule has 1 aliphatic heterocycles. The first-order valence-corrected chi connectivity index (χ1v) is 5.80. The Bertz CT molecular complexity index is 425. The van der Waals surface area contributed by atoms with Crippen LogP contribution in [0, 0.1) is 11.3 Å². The van der Waals surface area contributed by atoms with E-state index in [9.17, 15) is 0 Å². The SMILES string of the molecule is N#Cc1ccc(NCC2CCOCO2)c(Cl)c1. The summed E-state index contributed by atoms with van der Waals surface area (Å²) in [5.41, 5.74) is 1.38. The van der Waals surface area contributed by atoms with Crippen molar-refractivity contribution in [2.75, 3.05) is 25.3 Å². The summed E-state index contributed by atoms with van der Waals surface area (Å²) in [6.45, 7) is 1.77. The lowest BCUT2D eigenvalue weighted by molar-refractivity contribution is -0.133. The summed E-state index contributed by atoms with van der Waals surface area (Å²) < 4.78 is 10.5. The molecular formula is C12H13ClN2O2. The van der Waals surface area contributed by atoms with Gasteiger partial charge in [-0.15, -0.1) is 0 Å². The predicted octanol–water partition coefficient (Wildman–Crippen LogP) is 2.39. The van der Waals surface area contributed by atoms with Crippen LogP contribution < -0.4 is 5.32 Å². The number of halogens is 1. The molecule has 0 aliphatic carbocycles. The van der Waals surface area contributed by atoms with Gasteiger partial charge in [-0.25, -0.2) is 0 Å². The lowest BCUT2D eigenvalue weighted by Crippen LogP contribution is -2.30. The first-order valence-electron chi connectivity index (χ1n) is 5.42. The molecule has 0 spiro atoms. The van der Waals surface area contributed by atoms with Crippen LogP contribution in [-0.2, 0) is 9.47 Å². The third kappa shape index (κ3) is 3.34. The van der Waals surface area contributed by atoms with E-state index in [1.54, 1.807) is 18.2 Å². The molecule has 0 saturated carbocycles. The number of nitrogens with one attached hydrogen (secondary N) is 1. The molecule has 1 saturated heterocycles. The van der Waals surface area contributed by atoms with Crippen LogP contribution in [0.15, 0.2) is 18.2 Å². The quantitative estimate of drug-likeness (QED) is 0.898. The Morgan fingerprint density at radius 1 is 1.53 bits per heavy atom. The van der Waals surface area contributed by atoms with Gasteiger partial charge in [0.2, 0.25) is 0 Å². The highest BCUT2D eigenvalue weighted by atomic mass is 35.5. The maximum absolute atomic E-state index is 8.72. The molecule has 0 amide bonds. The Kier molecular flexibility index (Phi) is 4.21. The number of benzene rings is 1. The Hall–Kier alpha value is -1.28. The monoisotopic (exact) mass is 252 g/mol. The molecule has 2 rings (SSSR count). The van der Waals surface area contributed by atoms with E-state index in [-0.39, 0.29) is 6.10 Å². The van der Waals surface area contributed by atoms with Crippen LogP contribution in [-0.4, -0.2) is 26.0 Å².